The van der Waals surface area contributed by atoms with E-state index in [-0.39, 0.29) is 0 Å². The van der Waals surface area contributed by atoms with Crippen LogP contribution in [0.25, 0.3) is 0 Å². The van der Waals surface area contributed by atoms with Crippen molar-refractivity contribution >= 4 is 16.0 Å². The van der Waals surface area contributed by atoms with Crippen molar-refractivity contribution in [2.75, 3.05) is 12.3 Å². The molecule has 1 unspecified atom stereocenters. The molecular weight excluding hydrogens is 224 g/mol. The van der Waals surface area contributed by atoms with E-state index in [0.717, 1.165) is 0 Å². The molecule has 0 spiro atoms. The molecule has 0 aliphatic rings. The molecule has 0 aromatic carbocycles. The Morgan fingerprint density at radius 3 is 2.29 bits per heavy atom. The number of alkyl halides is 2. The van der Waals surface area contributed by atoms with Gasteiger partial charge in [-0.05, 0) is 0 Å². The standard InChI is InChI=1S/C5H9F2NO5S/c6-5(7)3(9)1-8-14(12,13)2-4(10)11/h3,5,8-9H,1-2H2,(H,10,11). The number of rotatable bonds is 6. The zero-order valence-electron chi connectivity index (χ0n) is 6.85. The van der Waals surface area contributed by atoms with Crippen LogP contribution in [0.1, 0.15) is 0 Å². The van der Waals surface area contributed by atoms with E-state index in [2.05, 4.69) is 0 Å². The van der Waals surface area contributed by atoms with E-state index in [4.69, 9.17) is 10.2 Å². The maximum Gasteiger partial charge on any atom is 0.320 e. The summed E-state index contributed by atoms with van der Waals surface area (Å²) in [5, 5.41) is 16.6. The summed E-state index contributed by atoms with van der Waals surface area (Å²) >= 11 is 0. The molecule has 0 fully saturated rings. The zero-order valence-corrected chi connectivity index (χ0v) is 7.67. The predicted octanol–water partition coefficient (Wildman–Crippen LogP) is -1.38. The fraction of sp³-hybridized carbons (Fsp3) is 0.800. The highest BCUT2D eigenvalue weighted by atomic mass is 32.2. The lowest BCUT2D eigenvalue weighted by Crippen LogP contribution is -2.38. The van der Waals surface area contributed by atoms with E-state index in [9.17, 15) is 22.0 Å². The molecule has 0 radical (unpaired) electrons. The lowest BCUT2D eigenvalue weighted by atomic mass is 10.4. The number of hydrogen-bond acceptors (Lipinski definition) is 4. The van der Waals surface area contributed by atoms with Gasteiger partial charge in [0.1, 0.15) is 6.10 Å². The number of aliphatic hydroxyl groups is 1. The maximum absolute atomic E-state index is 11.7. The normalized spacial score (nSPS) is 14.3. The van der Waals surface area contributed by atoms with Gasteiger partial charge < -0.3 is 10.2 Å². The first-order chi connectivity index (χ1) is 6.24. The third-order valence-corrected chi connectivity index (χ3v) is 2.35. The second-order valence-electron chi connectivity index (χ2n) is 2.40. The van der Waals surface area contributed by atoms with Crippen LogP contribution in [0.5, 0.6) is 0 Å². The van der Waals surface area contributed by atoms with Gasteiger partial charge in [0.25, 0.3) is 6.43 Å². The molecule has 0 bridgehead atoms. The van der Waals surface area contributed by atoms with E-state index < -0.39 is 40.8 Å². The Hall–Kier alpha value is -0.800. The van der Waals surface area contributed by atoms with Crippen LogP contribution in [0.4, 0.5) is 8.78 Å². The molecule has 3 N–H and O–H groups in total. The monoisotopic (exact) mass is 233 g/mol. The number of carboxylic acids is 1. The molecule has 0 aliphatic heterocycles. The van der Waals surface area contributed by atoms with Crippen molar-refractivity contribution in [3.8, 4) is 0 Å². The molecule has 0 saturated carbocycles. The van der Waals surface area contributed by atoms with Gasteiger partial charge >= 0.3 is 5.97 Å². The molecule has 9 heteroatoms. The van der Waals surface area contributed by atoms with Gasteiger partial charge in [-0.3, -0.25) is 4.79 Å². The number of hydrogen-bond donors (Lipinski definition) is 3. The molecule has 0 amide bonds. The Labute approximate surface area is 78.6 Å². The average molecular weight is 233 g/mol. The number of aliphatic hydroxyl groups excluding tert-OH is 1. The third kappa shape index (κ3) is 5.78. The summed E-state index contributed by atoms with van der Waals surface area (Å²) in [4.78, 5) is 9.96. The van der Waals surface area contributed by atoms with Gasteiger partial charge in [0.2, 0.25) is 10.0 Å². The number of carbonyl (C=O) groups is 1. The predicted molar refractivity (Wildman–Crippen MR) is 41.4 cm³/mol. The van der Waals surface area contributed by atoms with Crippen LogP contribution < -0.4 is 4.72 Å². The molecule has 0 rings (SSSR count). The SMILES string of the molecule is O=C(O)CS(=O)(=O)NCC(O)C(F)F. The first-order valence-corrected chi connectivity index (χ1v) is 5.05. The maximum atomic E-state index is 11.7. The van der Waals surface area contributed by atoms with Crippen molar-refractivity contribution in [3.05, 3.63) is 0 Å². The number of aliphatic carboxylic acids is 1. The van der Waals surface area contributed by atoms with E-state index in [0.29, 0.717) is 0 Å². The van der Waals surface area contributed by atoms with Crippen LogP contribution >= 0.6 is 0 Å². The minimum atomic E-state index is -4.15. The van der Waals surface area contributed by atoms with E-state index in [1.54, 1.807) is 0 Å². The molecule has 84 valence electrons. The second kappa shape index (κ2) is 5.17. The first-order valence-electron chi connectivity index (χ1n) is 3.40. The van der Waals surface area contributed by atoms with E-state index >= 15 is 0 Å². The van der Waals surface area contributed by atoms with Crippen LogP contribution in [0.2, 0.25) is 0 Å². The van der Waals surface area contributed by atoms with Crippen molar-refractivity contribution in [2.24, 2.45) is 0 Å². The topological polar surface area (TPSA) is 104 Å². The number of nitrogens with one attached hydrogen (secondary N) is 1. The third-order valence-electron chi connectivity index (χ3n) is 1.12. The molecule has 14 heavy (non-hydrogen) atoms. The fourth-order valence-corrected chi connectivity index (χ4v) is 1.37. The smallest absolute Gasteiger partial charge is 0.320 e. The lowest BCUT2D eigenvalue weighted by molar-refractivity contribution is -0.134. The van der Waals surface area contributed by atoms with Crippen molar-refractivity contribution in [1.29, 1.82) is 0 Å². The Morgan fingerprint density at radius 2 is 1.93 bits per heavy atom. The van der Waals surface area contributed by atoms with Crippen LogP contribution in [0.3, 0.4) is 0 Å². The highest BCUT2D eigenvalue weighted by molar-refractivity contribution is 7.90. The number of halogens is 2. The van der Waals surface area contributed by atoms with Crippen LogP contribution in [0, 0.1) is 0 Å². The van der Waals surface area contributed by atoms with Crippen molar-refractivity contribution in [3.63, 3.8) is 0 Å². The highest BCUT2D eigenvalue weighted by Gasteiger charge is 2.21. The molecule has 0 saturated heterocycles. The largest absolute Gasteiger partial charge is 0.480 e. The summed E-state index contributed by atoms with van der Waals surface area (Å²) in [7, 11) is -4.15. The first kappa shape index (κ1) is 13.2. The molecule has 0 aromatic rings. The number of sulfonamides is 1. The summed E-state index contributed by atoms with van der Waals surface area (Å²) in [6.45, 7) is -0.909. The van der Waals surface area contributed by atoms with Gasteiger partial charge in [0.15, 0.2) is 5.75 Å². The Balaban J connectivity index is 4.06. The van der Waals surface area contributed by atoms with E-state index in [1.807, 2.05) is 0 Å². The molecule has 0 heterocycles. The Bertz CT molecular complexity index is 290. The van der Waals surface area contributed by atoms with Gasteiger partial charge in [0, 0.05) is 6.54 Å². The summed E-state index contributed by atoms with van der Waals surface area (Å²) < 4.78 is 46.3. The Kier molecular flexibility index (Phi) is 4.88. The summed E-state index contributed by atoms with van der Waals surface area (Å²) in [5.74, 6) is -2.83. The summed E-state index contributed by atoms with van der Waals surface area (Å²) in [6.07, 6.45) is -5.22. The summed E-state index contributed by atoms with van der Waals surface area (Å²) in [5.41, 5.74) is 0. The van der Waals surface area contributed by atoms with Gasteiger partial charge in [0.05, 0.1) is 0 Å². The summed E-state index contributed by atoms with van der Waals surface area (Å²) in [6, 6.07) is 0. The van der Waals surface area contributed by atoms with Gasteiger partial charge in [-0.25, -0.2) is 21.9 Å². The molecule has 0 aromatic heterocycles. The van der Waals surface area contributed by atoms with Crippen LogP contribution in [-0.4, -0.2) is 49.4 Å². The Morgan fingerprint density at radius 1 is 1.43 bits per heavy atom. The van der Waals surface area contributed by atoms with Gasteiger partial charge in [-0.1, -0.05) is 0 Å². The van der Waals surface area contributed by atoms with Crippen LogP contribution in [0.15, 0.2) is 0 Å². The van der Waals surface area contributed by atoms with Crippen molar-refractivity contribution < 1.29 is 32.2 Å². The minimum Gasteiger partial charge on any atom is -0.480 e. The quantitative estimate of drug-likeness (QED) is 0.524. The second-order valence-corrected chi connectivity index (χ2v) is 4.21. The minimum absolute atomic E-state index is 0.909. The van der Waals surface area contributed by atoms with Crippen LogP contribution in [-0.2, 0) is 14.8 Å². The molecule has 6 nitrogen and oxygen atoms in total. The number of carboxylic acid groups (broad SMARTS) is 1. The average Bonchev–Trinajstić information content (AvgIpc) is 1.97. The molecule has 0 aliphatic carbocycles. The van der Waals surface area contributed by atoms with E-state index in [1.165, 1.54) is 4.72 Å². The van der Waals surface area contributed by atoms with Gasteiger partial charge in [-0.15, -0.1) is 0 Å². The fourth-order valence-electron chi connectivity index (χ4n) is 0.515. The van der Waals surface area contributed by atoms with Crippen molar-refractivity contribution in [2.45, 2.75) is 12.5 Å². The highest BCUT2D eigenvalue weighted by Crippen LogP contribution is 1.99. The van der Waals surface area contributed by atoms with Gasteiger partial charge in [-0.2, -0.15) is 0 Å². The van der Waals surface area contributed by atoms with Crippen molar-refractivity contribution in [1.82, 2.24) is 4.72 Å². The lowest BCUT2D eigenvalue weighted by Gasteiger charge is -2.09. The molecular formula is C5H9F2NO5S. The molecule has 1 atom stereocenters. The zero-order chi connectivity index (χ0) is 11.4.